The van der Waals surface area contributed by atoms with Gasteiger partial charge >= 0.3 is 148 Å². The number of aromatic nitrogens is 3. The first-order valence-electron chi connectivity index (χ1n) is 14.1. The van der Waals surface area contributed by atoms with Gasteiger partial charge in [-0.3, -0.25) is 22.8 Å². The average Bonchev–Trinajstić information content (AvgIpc) is 3.04. The van der Waals surface area contributed by atoms with Gasteiger partial charge < -0.3 is 21.9 Å². The van der Waals surface area contributed by atoms with Gasteiger partial charge in [-0.2, -0.15) is 57.0 Å². The van der Waals surface area contributed by atoms with E-state index in [4.69, 9.17) is 23.1 Å². The molecule has 37 heteroatoms. The molecule has 26 nitrogen and oxygen atoms in total. The maximum atomic E-state index is 12.5. The summed E-state index contributed by atoms with van der Waals surface area (Å²) in [6.45, 7) is 0. The maximum Gasteiger partial charge on any atom is 1.00 e. The summed E-state index contributed by atoms with van der Waals surface area (Å²) in [6.07, 6.45) is 0. The van der Waals surface area contributed by atoms with Gasteiger partial charge in [0.1, 0.15) is 42.3 Å². The minimum atomic E-state index is -5.49. The Hall–Kier alpha value is -0.610. The van der Waals surface area contributed by atoms with Crippen molar-refractivity contribution < 1.29 is 218 Å². The van der Waals surface area contributed by atoms with Crippen LogP contribution in [0.4, 0.5) is 46.0 Å². The van der Waals surface area contributed by atoms with Crippen LogP contribution in [0.25, 0.3) is 10.8 Å². The fourth-order valence-corrected chi connectivity index (χ4v) is 7.91. The second kappa shape index (κ2) is 22.9. The van der Waals surface area contributed by atoms with Crippen molar-refractivity contribution in [3.05, 3.63) is 53.8 Å². The van der Waals surface area contributed by atoms with Crippen molar-refractivity contribution in [3.8, 4) is 5.75 Å². The number of benzene rings is 4. The normalized spacial score (nSPS) is 12.1. The van der Waals surface area contributed by atoms with E-state index in [0.717, 1.165) is 18.2 Å². The Morgan fingerprint density at radius 3 is 1.47 bits per heavy atom. The summed E-state index contributed by atoms with van der Waals surface area (Å²) in [7, 11) is -26.4. The molecule has 4 aromatic carbocycles. The third kappa shape index (κ3) is 14.7. The van der Waals surface area contributed by atoms with Crippen LogP contribution in [0.15, 0.2) is 93.5 Å². The van der Waals surface area contributed by atoms with E-state index in [1.165, 1.54) is 0 Å². The number of hydrogen-bond acceptors (Lipinski definition) is 21. The molecule has 0 atom stereocenters. The Morgan fingerprint density at radius 1 is 0.548 bits per heavy atom. The molecule has 0 aliphatic rings. The number of aromatic hydroxyl groups is 1. The summed E-state index contributed by atoms with van der Waals surface area (Å²) in [5.41, 5.74) is 6.33. The monoisotopic (exact) mass is 1020 g/mol. The third-order valence-electron chi connectivity index (χ3n) is 7.01. The quantitative estimate of drug-likeness (QED) is 0.0257. The molecule has 0 radical (unpaired) electrons. The summed E-state index contributed by atoms with van der Waals surface area (Å²) < 4.78 is 170. The summed E-state index contributed by atoms with van der Waals surface area (Å²) in [5.74, 6) is -1.97. The molecule has 0 bridgehead atoms. The molecule has 1 aromatic heterocycles. The number of nitrogens with two attached hydrogens (primary N) is 2. The van der Waals surface area contributed by atoms with Crippen LogP contribution in [0, 0.1) is 0 Å². The first-order chi connectivity index (χ1) is 26.1. The van der Waals surface area contributed by atoms with Gasteiger partial charge in [0.15, 0.2) is 5.75 Å². The first kappa shape index (κ1) is 61.4. The van der Waals surface area contributed by atoms with E-state index < -0.39 is 120 Å². The Labute approximate surface area is 465 Å². The minimum absolute atomic E-state index is 0. The molecule has 0 amide bonds. The first-order valence-corrected chi connectivity index (χ1v) is 21.7. The molecular weight excluding hydrogens is 1010 g/mol. The van der Waals surface area contributed by atoms with Crippen LogP contribution in [0.3, 0.4) is 0 Å². The van der Waals surface area contributed by atoms with Crippen molar-refractivity contribution >= 4 is 119 Å². The SMILES string of the molecule is Nc1nc(Cl)nc(Nc2ccc(S(=O)(=O)O)c(N=Nc3c(S(=O)(=O)O)cc4cc(S(=O)(=O)O)c(N=Nc5cc(S(=O)(=O)O)ccc5S(=O)(=O)O)c(N)c4c3O)c2)n1.[Na+].[Na+].[Na+].[Na+].[Na+]. The van der Waals surface area contributed by atoms with Crippen LogP contribution in [-0.2, 0) is 50.6 Å². The van der Waals surface area contributed by atoms with Crippen LogP contribution in [0.5, 0.6) is 5.75 Å². The number of nitrogens with zero attached hydrogens (tertiary/aromatic N) is 7. The van der Waals surface area contributed by atoms with Gasteiger partial charge in [-0.25, -0.2) is 0 Å². The van der Waals surface area contributed by atoms with Gasteiger partial charge in [0.2, 0.25) is 17.2 Å². The smallest absolute Gasteiger partial charge is 0.505 e. The molecule has 0 spiro atoms. The number of nitrogens with one attached hydrogen (secondary N) is 1. The van der Waals surface area contributed by atoms with E-state index in [2.05, 4.69) is 40.7 Å². The number of azo groups is 2. The molecule has 11 N–H and O–H groups in total. The van der Waals surface area contributed by atoms with Crippen LogP contribution in [0.2, 0.25) is 5.28 Å². The zero-order valence-corrected chi connectivity index (χ0v) is 46.9. The molecule has 0 saturated carbocycles. The van der Waals surface area contributed by atoms with Gasteiger partial charge in [-0.15, -0.1) is 20.5 Å². The average molecular weight is 1030 g/mol. The van der Waals surface area contributed by atoms with Gasteiger partial charge in [-0.05, 0) is 65.5 Å². The van der Waals surface area contributed by atoms with E-state index >= 15 is 0 Å². The van der Waals surface area contributed by atoms with E-state index in [0.29, 0.717) is 30.3 Å². The molecule has 0 fully saturated rings. The fraction of sp³-hybridized carbons (Fsp3) is 0. The van der Waals surface area contributed by atoms with Gasteiger partial charge in [-0.1, -0.05) is 0 Å². The third-order valence-corrected chi connectivity index (χ3v) is 11.6. The van der Waals surface area contributed by atoms with Crippen LogP contribution >= 0.6 is 11.6 Å². The summed E-state index contributed by atoms with van der Waals surface area (Å²) in [5, 5.41) is 26.1. The van der Waals surface area contributed by atoms with Crippen molar-refractivity contribution in [2.24, 2.45) is 20.5 Å². The number of fused-ring (bicyclic) bond motifs is 1. The van der Waals surface area contributed by atoms with E-state index in [-0.39, 0.29) is 171 Å². The number of hydrogen-bond donors (Lipinski definition) is 9. The number of rotatable bonds is 11. The summed E-state index contributed by atoms with van der Waals surface area (Å²) >= 11 is 5.76. The molecule has 5 aromatic rings. The van der Waals surface area contributed by atoms with Crippen molar-refractivity contribution in [1.29, 1.82) is 0 Å². The van der Waals surface area contributed by atoms with Crippen molar-refractivity contribution in [1.82, 2.24) is 15.0 Å². The van der Waals surface area contributed by atoms with Gasteiger partial charge in [0.25, 0.3) is 50.6 Å². The van der Waals surface area contributed by atoms with Crippen molar-refractivity contribution in [2.75, 3.05) is 16.8 Å². The molecule has 302 valence electrons. The molecule has 0 unspecified atom stereocenters. The molecule has 1 heterocycles. The van der Waals surface area contributed by atoms with Crippen LogP contribution in [0.1, 0.15) is 0 Å². The molecule has 5 rings (SSSR count). The second-order valence-corrected chi connectivity index (χ2v) is 18.1. The fourth-order valence-electron chi connectivity index (χ4n) is 4.71. The standard InChI is InChI=1S/C25H19ClN10O16S5.5Na/c26-23-30-24(28)32-25(31-23)29-10-1-3-14(54(41,42)43)12(7-10)33-36-21-17(57(50,51)52)6-9-5-16(56(47,48)49)20(19(27)18(9)22(21)37)35-34-13-8-11(53(38,39)40)2-4-15(13)55(44,45)46;;;;;/h1-8,37H,27H2,(H,38,39,40)(H,41,42,43)(H,44,45,46)(H,47,48,49)(H,50,51,52)(H3,28,29,30,31,32);;;;;/q;5*+1. The molecular formula is C25H19ClN10Na5O16S5+5. The minimum Gasteiger partial charge on any atom is -0.505 e. The number of halogens is 1. The number of phenolic OH excluding ortho intramolecular Hbond substituents is 1. The van der Waals surface area contributed by atoms with E-state index in [1.54, 1.807) is 0 Å². The Bertz CT molecular complexity index is 3190. The second-order valence-electron chi connectivity index (χ2n) is 10.8. The molecule has 0 aliphatic carbocycles. The predicted octanol–water partition coefficient (Wildman–Crippen LogP) is -11.6. The Morgan fingerprint density at radius 2 is 1.00 bits per heavy atom. The van der Waals surface area contributed by atoms with Crippen molar-refractivity contribution in [3.63, 3.8) is 0 Å². The van der Waals surface area contributed by atoms with E-state index in [9.17, 15) is 70.0 Å². The van der Waals surface area contributed by atoms with Crippen LogP contribution in [-0.4, -0.2) is 84.9 Å². The largest absolute Gasteiger partial charge is 1.00 e. The number of anilines is 4. The number of phenols is 1. The molecule has 0 saturated heterocycles. The Balaban J connectivity index is 0.00000744. The maximum absolute atomic E-state index is 12.5. The van der Waals surface area contributed by atoms with E-state index in [1.807, 2.05) is 0 Å². The molecule has 0 aliphatic heterocycles. The zero-order valence-electron chi connectivity index (χ0n) is 32.1. The van der Waals surface area contributed by atoms with Crippen molar-refractivity contribution in [2.45, 2.75) is 24.5 Å². The number of nitrogen functional groups attached to an aromatic ring is 2. The van der Waals surface area contributed by atoms with Crippen LogP contribution < -0.4 is 165 Å². The van der Waals surface area contributed by atoms with Gasteiger partial charge in [0.05, 0.1) is 16.0 Å². The Kier molecular flexibility index (Phi) is 22.7. The molecule has 62 heavy (non-hydrogen) atoms. The topological polar surface area (TPSA) is 444 Å². The summed E-state index contributed by atoms with van der Waals surface area (Å²) in [6, 6.07) is 5.02. The zero-order chi connectivity index (χ0) is 42.6. The predicted molar refractivity (Wildman–Crippen MR) is 193 cm³/mol. The van der Waals surface area contributed by atoms with Gasteiger partial charge in [0, 0.05) is 5.69 Å². The summed E-state index contributed by atoms with van der Waals surface area (Å²) in [4.78, 5) is 5.34.